The van der Waals surface area contributed by atoms with E-state index < -0.39 is 0 Å². The van der Waals surface area contributed by atoms with Gasteiger partial charge in [0.1, 0.15) is 0 Å². The summed E-state index contributed by atoms with van der Waals surface area (Å²) >= 11 is 0. The van der Waals surface area contributed by atoms with Crippen molar-refractivity contribution in [1.82, 2.24) is 9.97 Å². The van der Waals surface area contributed by atoms with Crippen molar-refractivity contribution in [1.29, 1.82) is 0 Å². The van der Waals surface area contributed by atoms with Gasteiger partial charge in [-0.3, -0.25) is 0 Å². The van der Waals surface area contributed by atoms with Crippen LogP contribution in [0.1, 0.15) is 191 Å². The molecule has 0 atom stereocenters. The molecule has 4 rings (SSSR count). The number of para-hydroxylation sites is 1. The van der Waals surface area contributed by atoms with Gasteiger partial charge in [0.05, 0.1) is 22.4 Å². The molecule has 2 nitrogen and oxygen atoms in total. The summed E-state index contributed by atoms with van der Waals surface area (Å²) in [6.07, 6.45) is 31.9. The first kappa shape index (κ1) is 40.0. The predicted molar refractivity (Wildman–Crippen MR) is 222 cm³/mol. The van der Waals surface area contributed by atoms with Gasteiger partial charge < -0.3 is 0 Å². The van der Waals surface area contributed by atoms with Crippen molar-refractivity contribution in [2.45, 2.75) is 195 Å². The van der Waals surface area contributed by atoms with Gasteiger partial charge in [-0.05, 0) is 110 Å². The number of aromatic nitrogens is 2. The quantitative estimate of drug-likeness (QED) is 0.0619. The molecule has 0 aliphatic heterocycles. The van der Waals surface area contributed by atoms with E-state index in [2.05, 4.69) is 77.1 Å². The van der Waals surface area contributed by atoms with E-state index in [0.29, 0.717) is 0 Å². The lowest BCUT2D eigenvalue weighted by molar-refractivity contribution is 0.639. The largest absolute Gasteiger partial charge is 0.246 e. The molecule has 2 heterocycles. The highest BCUT2D eigenvalue weighted by molar-refractivity contribution is 5.92. The van der Waals surface area contributed by atoms with E-state index in [1.54, 1.807) is 27.6 Å². The van der Waals surface area contributed by atoms with E-state index in [1.165, 1.54) is 164 Å². The Morgan fingerprint density at radius 2 is 0.880 bits per heavy atom. The summed E-state index contributed by atoms with van der Waals surface area (Å²) in [4.78, 5) is 11.1. The first-order chi connectivity index (χ1) is 24.7. The van der Waals surface area contributed by atoms with Gasteiger partial charge in [0.25, 0.3) is 0 Å². The maximum Gasteiger partial charge on any atom is 0.0928 e. The fourth-order valence-electron chi connectivity index (χ4n) is 8.15. The summed E-state index contributed by atoms with van der Waals surface area (Å²) in [6, 6.07) is 15.7. The Morgan fingerprint density at radius 3 is 1.44 bits per heavy atom. The number of hydrogen-bond donors (Lipinski definition) is 0. The van der Waals surface area contributed by atoms with Crippen LogP contribution in [0.3, 0.4) is 0 Å². The Morgan fingerprint density at radius 1 is 0.400 bits per heavy atom. The maximum atomic E-state index is 5.75. The van der Waals surface area contributed by atoms with Gasteiger partial charge in [-0.25, -0.2) is 9.97 Å². The number of rotatable bonds is 26. The zero-order valence-corrected chi connectivity index (χ0v) is 33.1. The highest BCUT2D eigenvalue weighted by atomic mass is 14.8. The first-order valence-electron chi connectivity index (χ1n) is 21.5. The van der Waals surface area contributed by atoms with E-state index in [-0.39, 0.29) is 0 Å². The van der Waals surface area contributed by atoms with Crippen LogP contribution in [0.5, 0.6) is 0 Å². The fraction of sp³-hybridized carbons (Fsp3) is 0.625. The van der Waals surface area contributed by atoms with Crippen molar-refractivity contribution in [2.75, 3.05) is 0 Å². The number of nitrogens with zero attached hydrogens (tertiary/aromatic N) is 2. The lowest BCUT2D eigenvalue weighted by Gasteiger charge is -2.24. The second kappa shape index (κ2) is 22.9. The van der Waals surface area contributed by atoms with E-state index in [0.717, 1.165) is 29.7 Å². The smallest absolute Gasteiger partial charge is 0.0928 e. The second-order valence-corrected chi connectivity index (χ2v) is 15.2. The van der Waals surface area contributed by atoms with Gasteiger partial charge in [0.2, 0.25) is 0 Å². The van der Waals surface area contributed by atoms with Crippen molar-refractivity contribution in [3.8, 4) is 11.4 Å². The number of benzene rings is 2. The molecule has 2 aromatic heterocycles. The van der Waals surface area contributed by atoms with Crippen molar-refractivity contribution < 1.29 is 0 Å². The summed E-state index contributed by atoms with van der Waals surface area (Å²) in [5.41, 5.74) is 12.7. The summed E-state index contributed by atoms with van der Waals surface area (Å²) in [6.45, 7) is 11.7. The highest BCUT2D eigenvalue weighted by Gasteiger charge is 2.23. The molecular weight excluding hydrogens is 605 g/mol. The van der Waals surface area contributed by atoms with Gasteiger partial charge in [-0.1, -0.05) is 155 Å². The van der Waals surface area contributed by atoms with Crippen molar-refractivity contribution in [3.05, 3.63) is 70.3 Å². The number of unbranched alkanes of at least 4 members (excludes halogenated alkanes) is 15. The van der Waals surface area contributed by atoms with E-state index in [1.807, 2.05) is 0 Å². The molecular formula is C48H72N2. The SMILES string of the molecule is CCCCCCc1cc2nc(-c3ccc4ccccc4n3)c(CCCCCC)c(CCCCCC)c2c(CCCCCC)c1CCCCCC. The van der Waals surface area contributed by atoms with E-state index >= 15 is 0 Å². The molecule has 4 aromatic rings. The molecule has 0 aliphatic carbocycles. The minimum atomic E-state index is 1.06. The molecule has 0 spiro atoms. The van der Waals surface area contributed by atoms with Gasteiger partial charge in [-0.15, -0.1) is 0 Å². The summed E-state index contributed by atoms with van der Waals surface area (Å²) in [5.74, 6) is 0. The zero-order valence-electron chi connectivity index (χ0n) is 33.1. The molecule has 0 amide bonds. The molecule has 0 saturated carbocycles. The van der Waals surface area contributed by atoms with Crippen LogP contribution in [-0.4, -0.2) is 9.97 Å². The van der Waals surface area contributed by atoms with Crippen LogP contribution in [0.2, 0.25) is 0 Å². The van der Waals surface area contributed by atoms with Crippen LogP contribution in [0, 0.1) is 0 Å². The Hall–Kier alpha value is -2.74. The normalized spacial score (nSPS) is 11.7. The van der Waals surface area contributed by atoms with Crippen LogP contribution in [0.15, 0.2) is 42.5 Å². The third-order valence-electron chi connectivity index (χ3n) is 11.1. The molecule has 50 heavy (non-hydrogen) atoms. The molecule has 274 valence electrons. The van der Waals surface area contributed by atoms with Crippen LogP contribution in [0.4, 0.5) is 0 Å². The first-order valence-corrected chi connectivity index (χ1v) is 21.5. The molecule has 0 bridgehead atoms. The number of fused-ring (bicyclic) bond motifs is 2. The third-order valence-corrected chi connectivity index (χ3v) is 11.1. The van der Waals surface area contributed by atoms with Gasteiger partial charge >= 0.3 is 0 Å². The Bertz CT molecular complexity index is 1550. The average molecular weight is 677 g/mol. The maximum absolute atomic E-state index is 5.75. The van der Waals surface area contributed by atoms with E-state index in [9.17, 15) is 0 Å². The van der Waals surface area contributed by atoms with Gasteiger partial charge in [0.15, 0.2) is 0 Å². The minimum absolute atomic E-state index is 1.06. The predicted octanol–water partition coefficient (Wildman–Crippen LogP) is 15.1. The number of aryl methyl sites for hydroxylation is 3. The van der Waals surface area contributed by atoms with Crippen molar-refractivity contribution in [3.63, 3.8) is 0 Å². The molecule has 0 N–H and O–H groups in total. The third kappa shape index (κ3) is 11.6. The zero-order chi connectivity index (χ0) is 35.4. The summed E-state index contributed by atoms with van der Waals surface area (Å²) in [5, 5.41) is 2.76. The van der Waals surface area contributed by atoms with Crippen LogP contribution in [0.25, 0.3) is 33.2 Å². The molecule has 0 saturated heterocycles. The molecule has 2 aromatic carbocycles. The number of pyridine rings is 2. The highest BCUT2D eigenvalue weighted by Crippen LogP contribution is 2.38. The fourth-order valence-corrected chi connectivity index (χ4v) is 8.15. The molecule has 0 aliphatic rings. The average Bonchev–Trinajstić information content (AvgIpc) is 3.14. The topological polar surface area (TPSA) is 25.8 Å². The molecule has 0 fully saturated rings. The molecule has 0 unspecified atom stereocenters. The minimum Gasteiger partial charge on any atom is -0.246 e. The van der Waals surface area contributed by atoms with Crippen LogP contribution in [-0.2, 0) is 32.1 Å². The Kier molecular flexibility index (Phi) is 18.4. The Labute approximate surface area is 307 Å². The number of hydrogen-bond acceptors (Lipinski definition) is 2. The van der Waals surface area contributed by atoms with Gasteiger partial charge in [0, 0.05) is 10.8 Å². The Balaban J connectivity index is 2.00. The second-order valence-electron chi connectivity index (χ2n) is 15.2. The monoisotopic (exact) mass is 677 g/mol. The molecule has 0 radical (unpaired) electrons. The lowest BCUT2D eigenvalue weighted by Crippen LogP contribution is -2.10. The summed E-state index contributed by atoms with van der Waals surface area (Å²) < 4.78 is 0. The van der Waals surface area contributed by atoms with E-state index in [4.69, 9.17) is 9.97 Å². The van der Waals surface area contributed by atoms with Gasteiger partial charge in [-0.2, -0.15) is 0 Å². The lowest BCUT2D eigenvalue weighted by atomic mass is 9.83. The van der Waals surface area contributed by atoms with Crippen LogP contribution >= 0.6 is 0 Å². The van der Waals surface area contributed by atoms with Crippen molar-refractivity contribution >= 4 is 21.8 Å². The summed E-state index contributed by atoms with van der Waals surface area (Å²) in [7, 11) is 0. The van der Waals surface area contributed by atoms with Crippen LogP contribution < -0.4 is 0 Å². The standard InChI is InChI=1S/C48H72N2/c1-6-11-16-21-29-39-37-46-47(41(31-23-18-13-8-3)40(39)30-22-17-12-7-2)42(32-24-19-14-9-4)43(33-25-20-15-10-5)48(50-46)45-36-35-38-28-26-27-34-44(38)49-45/h26-28,34-37H,6-25,29-33H2,1-5H3. The molecule has 2 heteroatoms. The van der Waals surface area contributed by atoms with Crippen molar-refractivity contribution in [2.24, 2.45) is 0 Å².